The zero-order valence-corrected chi connectivity index (χ0v) is 38.3. The molecular weight excluding hydrogens is 831 g/mol. The number of aryl methyl sites for hydroxylation is 2. The summed E-state index contributed by atoms with van der Waals surface area (Å²) >= 11 is 5.09. The van der Waals surface area contributed by atoms with Crippen molar-refractivity contribution in [2.45, 2.75) is 18.7 Å². The molecule has 0 aliphatic carbocycles. The summed E-state index contributed by atoms with van der Waals surface area (Å²) in [6.07, 6.45) is -1.14. The van der Waals surface area contributed by atoms with Gasteiger partial charge < -0.3 is 12.6 Å². The van der Waals surface area contributed by atoms with Crippen LogP contribution in [0.3, 0.4) is 0 Å². The first-order valence-electron chi connectivity index (χ1n) is 20.1. The van der Waals surface area contributed by atoms with Crippen LogP contribution in [-0.2, 0) is 29.4 Å². The van der Waals surface area contributed by atoms with Gasteiger partial charge in [0.15, 0.2) is 0 Å². The molecule has 6 heteroatoms. The summed E-state index contributed by atoms with van der Waals surface area (Å²) in [5.74, 6) is 0. The van der Waals surface area contributed by atoms with E-state index in [1.54, 1.807) is 0 Å². The molecule has 0 amide bonds. The van der Waals surface area contributed by atoms with Crippen molar-refractivity contribution in [3.05, 3.63) is 242 Å². The Labute approximate surface area is 372 Å². The summed E-state index contributed by atoms with van der Waals surface area (Å²) in [5.41, 5.74) is 3.91. The molecule has 59 heavy (non-hydrogen) atoms. The smallest absolute Gasteiger partial charge is 0.779 e. The maximum atomic E-state index is 5.09. The molecule has 0 aromatic heterocycles. The van der Waals surface area contributed by atoms with E-state index in [0.717, 1.165) is 23.1 Å². The monoisotopic (exact) mass is 881 g/mol. The summed E-state index contributed by atoms with van der Waals surface area (Å²) in [5, 5.41) is 8.74. The van der Waals surface area contributed by atoms with E-state index in [0.29, 0.717) is 0 Å². The van der Waals surface area contributed by atoms with Crippen LogP contribution in [0.5, 0.6) is 0 Å². The summed E-state index contributed by atoms with van der Waals surface area (Å²) in [7, 11) is -1.95. The zero-order valence-electron chi connectivity index (χ0n) is 33.7. The van der Waals surface area contributed by atoms with Crippen molar-refractivity contribution in [1.82, 2.24) is 0 Å². The van der Waals surface area contributed by atoms with Crippen molar-refractivity contribution in [3.8, 4) is 0 Å². The van der Waals surface area contributed by atoms with Gasteiger partial charge in [-0.2, -0.15) is 4.90 Å². The molecule has 0 fully saturated rings. The summed E-state index contributed by atoms with van der Waals surface area (Å²) in [6, 6.07) is 89.3. The molecule has 0 aliphatic rings. The van der Waals surface area contributed by atoms with E-state index in [1.165, 1.54) is 48.4 Å². The van der Waals surface area contributed by atoms with Crippen LogP contribution in [0.2, 0.25) is 0 Å². The second-order valence-electron chi connectivity index (χ2n) is 15.0. The van der Waals surface area contributed by atoms with Crippen molar-refractivity contribution in [3.63, 3.8) is 0 Å². The van der Waals surface area contributed by atoms with Crippen LogP contribution in [0.15, 0.2) is 235 Å². The SMILES string of the molecule is Cc1cccc(C)c1[S-].[Co+2].c1ccc(P(C[B-](CP(c2ccccc2)c2ccccc2)(CP(c2ccccc2)c2ccccc2)c2ccccc2)c2ccccc2)cc1. The van der Waals surface area contributed by atoms with E-state index in [2.05, 4.69) is 212 Å². The third-order valence-corrected chi connectivity index (χ3v) is 20.3. The first kappa shape index (κ1) is 44.4. The van der Waals surface area contributed by atoms with Gasteiger partial charge in [0.1, 0.15) is 0 Å². The summed E-state index contributed by atoms with van der Waals surface area (Å²) in [4.78, 5) is 0.998. The van der Waals surface area contributed by atoms with Crippen molar-refractivity contribution >= 4 is 79.8 Å². The molecule has 1 radical (unpaired) electrons. The number of rotatable bonds is 13. The van der Waals surface area contributed by atoms with Gasteiger partial charge in [-0.15, -0.1) is 18.2 Å². The van der Waals surface area contributed by atoms with Gasteiger partial charge in [0.05, 0.1) is 0 Å². The minimum Gasteiger partial charge on any atom is -0.779 e. The first-order valence-corrected chi connectivity index (χ1v) is 25.1. The summed E-state index contributed by atoms with van der Waals surface area (Å²) in [6.45, 7) is 4.07. The Morgan fingerprint density at radius 1 is 0.322 bits per heavy atom. The Bertz CT molecular complexity index is 2070. The predicted molar refractivity (Wildman–Crippen MR) is 265 cm³/mol. The number of hydrogen-bond donors (Lipinski definition) is 0. The Kier molecular flexibility index (Phi) is 16.9. The van der Waals surface area contributed by atoms with Crippen LogP contribution in [0.4, 0.5) is 0 Å². The molecule has 0 spiro atoms. The molecule has 0 aliphatic heterocycles. The molecule has 8 rings (SSSR count). The molecule has 0 heterocycles. The number of benzene rings is 8. The van der Waals surface area contributed by atoms with Gasteiger partial charge >= 0.3 is 16.8 Å². The van der Waals surface area contributed by atoms with Crippen LogP contribution in [0.25, 0.3) is 0 Å². The third kappa shape index (κ3) is 11.8. The van der Waals surface area contributed by atoms with Gasteiger partial charge in [-0.05, 0) is 45.7 Å². The third-order valence-electron chi connectivity index (χ3n) is 10.9. The summed E-state index contributed by atoms with van der Waals surface area (Å²) < 4.78 is 0. The molecule has 0 N–H and O–H groups in total. The fourth-order valence-electron chi connectivity index (χ4n) is 7.93. The van der Waals surface area contributed by atoms with Crippen LogP contribution >= 0.6 is 23.8 Å². The van der Waals surface area contributed by atoms with Gasteiger partial charge in [0, 0.05) is 6.15 Å². The topological polar surface area (TPSA) is 0 Å². The normalized spacial score (nSPS) is 11.1. The van der Waals surface area contributed by atoms with Gasteiger partial charge in [0.25, 0.3) is 0 Å². The standard InChI is InChI=1S/C45H41BP3.C8H10S.Co/c1-8-22-39(23-9-1)46(36-47(40-24-10-2-11-25-40)41-26-12-3-13-27-41,37-48(42-28-14-4-15-29-42)43-30-16-5-17-31-43)38-49(44-32-18-6-19-33-44)45-34-20-7-21-35-45;1-6-4-3-5-7(2)8(6)9;/h1-35H,36-38H2;3-5,9H,1-2H3;/q-1;;+2/p-1. The van der Waals surface area contributed by atoms with Gasteiger partial charge in [-0.3, -0.25) is 0 Å². The van der Waals surface area contributed by atoms with E-state index < -0.39 is 29.9 Å². The van der Waals surface area contributed by atoms with Crippen LogP contribution in [0, 0.1) is 13.8 Å². The van der Waals surface area contributed by atoms with Crippen molar-refractivity contribution in [2.75, 3.05) is 18.2 Å². The second-order valence-corrected chi connectivity index (χ2v) is 22.1. The van der Waals surface area contributed by atoms with Gasteiger partial charge in [-0.1, -0.05) is 265 Å². The second kappa shape index (κ2) is 22.4. The molecule has 0 nitrogen and oxygen atoms in total. The molecule has 8 aromatic carbocycles. The van der Waals surface area contributed by atoms with Crippen LogP contribution < -0.4 is 37.3 Å². The fraction of sp³-hybridized carbons (Fsp3) is 0.0943. The maximum Gasteiger partial charge on any atom is 2.00 e. The first-order chi connectivity index (χ1) is 28.5. The Balaban J connectivity index is 0.000000519. The van der Waals surface area contributed by atoms with Crippen molar-refractivity contribution in [1.29, 1.82) is 0 Å². The average molecular weight is 882 g/mol. The van der Waals surface area contributed by atoms with Crippen LogP contribution in [0.1, 0.15) is 11.1 Å². The van der Waals surface area contributed by atoms with Gasteiger partial charge in [0.2, 0.25) is 0 Å². The van der Waals surface area contributed by atoms with E-state index in [9.17, 15) is 0 Å². The largest absolute Gasteiger partial charge is 2.00 e. The Morgan fingerprint density at radius 2 is 0.542 bits per heavy atom. The van der Waals surface area contributed by atoms with Crippen molar-refractivity contribution < 1.29 is 16.8 Å². The molecule has 0 unspecified atom stereocenters. The van der Waals surface area contributed by atoms with E-state index in [4.69, 9.17) is 12.6 Å². The quantitative estimate of drug-likeness (QED) is 0.0632. The Morgan fingerprint density at radius 3 is 0.763 bits per heavy atom. The van der Waals surface area contributed by atoms with E-state index in [1.807, 2.05) is 32.0 Å². The maximum absolute atomic E-state index is 5.09. The average Bonchev–Trinajstić information content (AvgIpc) is 3.30. The van der Waals surface area contributed by atoms with Gasteiger partial charge in [-0.25, -0.2) is 5.46 Å². The number of hydrogen-bond acceptors (Lipinski definition) is 1. The fourth-order valence-corrected chi connectivity index (χ4v) is 17.5. The van der Waals surface area contributed by atoms with Crippen LogP contribution in [-0.4, -0.2) is 24.3 Å². The van der Waals surface area contributed by atoms with E-state index in [-0.39, 0.29) is 16.8 Å². The molecular formula is C53H50BCoP3S. The zero-order chi connectivity index (χ0) is 40.0. The molecule has 0 bridgehead atoms. The van der Waals surface area contributed by atoms with E-state index >= 15 is 0 Å². The molecule has 0 saturated heterocycles. The minimum absolute atomic E-state index is 0. The Hall–Kier alpha value is -4.16. The minimum atomic E-state index is -1.14. The predicted octanol–water partition coefficient (Wildman–Crippen LogP) is 10.6. The van der Waals surface area contributed by atoms with Crippen molar-refractivity contribution in [2.24, 2.45) is 0 Å². The molecule has 0 saturated carbocycles. The molecule has 0 atom stereocenters. The molecule has 295 valence electrons. The molecule has 8 aromatic rings.